The largest absolute Gasteiger partial charge is 0.467 e. The van der Waals surface area contributed by atoms with Crippen molar-refractivity contribution >= 4 is 41.5 Å². The summed E-state index contributed by atoms with van der Waals surface area (Å²) in [5, 5.41) is 14.2. The summed E-state index contributed by atoms with van der Waals surface area (Å²) in [5.74, 6) is -2.12. The van der Waals surface area contributed by atoms with Crippen LogP contribution in [-0.2, 0) is 38.2 Å². The molecule has 0 aliphatic heterocycles. The van der Waals surface area contributed by atoms with Crippen LogP contribution < -0.4 is 10.6 Å². The first-order valence-electron chi connectivity index (χ1n) is 15.9. The van der Waals surface area contributed by atoms with Crippen LogP contribution in [-0.4, -0.2) is 84.8 Å². The maximum atomic E-state index is 12.5. The standard InChI is InChI=1S/C31H56N2O9S/c1-5-7-9-10-11-12-13-14-16-17-25(42-28(36)18-15-8-6-2)21-29(37)41-19-20-43-23-27(32-24(3)35)30(38)33-26(22-34)31(39)40-4/h25-27,34H,5-23H2,1-4H3,(H,32,35)(H,33,38)/t25-,26+,27+/m1/s1. The fourth-order valence-corrected chi connectivity index (χ4v) is 5.17. The van der Waals surface area contributed by atoms with E-state index in [0.717, 1.165) is 45.6 Å². The minimum absolute atomic E-state index is 0.00575. The maximum Gasteiger partial charge on any atom is 0.330 e. The molecule has 0 saturated carbocycles. The van der Waals surface area contributed by atoms with E-state index < -0.39 is 48.5 Å². The second-order valence-corrected chi connectivity index (χ2v) is 11.9. The van der Waals surface area contributed by atoms with Gasteiger partial charge in [0.05, 0.1) is 20.1 Å². The topological polar surface area (TPSA) is 157 Å². The third-order valence-electron chi connectivity index (χ3n) is 6.76. The van der Waals surface area contributed by atoms with E-state index in [-0.39, 0.29) is 24.7 Å². The summed E-state index contributed by atoms with van der Waals surface area (Å²) in [6, 6.07) is -2.21. The molecular formula is C31H56N2O9S. The van der Waals surface area contributed by atoms with E-state index in [0.29, 0.717) is 18.6 Å². The van der Waals surface area contributed by atoms with Gasteiger partial charge in [-0.1, -0.05) is 78.1 Å². The average Bonchev–Trinajstić information content (AvgIpc) is 2.97. The lowest BCUT2D eigenvalue weighted by Crippen LogP contribution is -2.53. The molecule has 43 heavy (non-hydrogen) atoms. The Hall–Kier alpha value is -2.34. The van der Waals surface area contributed by atoms with Crippen molar-refractivity contribution < 1.29 is 43.3 Å². The monoisotopic (exact) mass is 632 g/mol. The molecule has 0 aromatic heterocycles. The summed E-state index contributed by atoms with van der Waals surface area (Å²) < 4.78 is 15.6. The Morgan fingerprint density at radius 1 is 0.791 bits per heavy atom. The lowest BCUT2D eigenvalue weighted by Gasteiger charge is -2.20. The number of aliphatic hydroxyl groups excluding tert-OH is 1. The zero-order chi connectivity index (χ0) is 32.3. The van der Waals surface area contributed by atoms with Crippen LogP contribution in [0.5, 0.6) is 0 Å². The van der Waals surface area contributed by atoms with Gasteiger partial charge < -0.3 is 30.0 Å². The third kappa shape index (κ3) is 22.8. The molecule has 0 spiro atoms. The molecule has 3 N–H and O–H groups in total. The average molecular weight is 633 g/mol. The highest BCUT2D eigenvalue weighted by molar-refractivity contribution is 7.99. The number of hydrogen-bond donors (Lipinski definition) is 3. The summed E-state index contributed by atoms with van der Waals surface area (Å²) in [5.41, 5.74) is 0. The van der Waals surface area contributed by atoms with Crippen LogP contribution in [0.4, 0.5) is 0 Å². The molecule has 12 heteroatoms. The zero-order valence-electron chi connectivity index (χ0n) is 26.8. The van der Waals surface area contributed by atoms with E-state index >= 15 is 0 Å². The summed E-state index contributed by atoms with van der Waals surface area (Å²) >= 11 is 1.27. The molecule has 0 aliphatic carbocycles. The third-order valence-corrected chi connectivity index (χ3v) is 7.78. The summed E-state index contributed by atoms with van der Waals surface area (Å²) in [6.45, 7) is 4.97. The van der Waals surface area contributed by atoms with E-state index in [1.807, 2.05) is 0 Å². The van der Waals surface area contributed by atoms with E-state index in [1.165, 1.54) is 57.2 Å². The number of nitrogens with one attached hydrogen (secondary N) is 2. The predicted octanol–water partition coefficient (Wildman–Crippen LogP) is 4.22. The molecule has 250 valence electrons. The molecule has 11 nitrogen and oxygen atoms in total. The van der Waals surface area contributed by atoms with Gasteiger partial charge in [0, 0.05) is 24.9 Å². The molecule has 0 aromatic rings. The van der Waals surface area contributed by atoms with Gasteiger partial charge in [-0.05, 0) is 19.3 Å². The van der Waals surface area contributed by atoms with E-state index in [2.05, 4.69) is 29.2 Å². The normalized spacial score (nSPS) is 13.0. The van der Waals surface area contributed by atoms with Gasteiger partial charge in [0.1, 0.15) is 18.8 Å². The zero-order valence-corrected chi connectivity index (χ0v) is 27.6. The van der Waals surface area contributed by atoms with Crippen molar-refractivity contribution in [3.63, 3.8) is 0 Å². The van der Waals surface area contributed by atoms with Crippen molar-refractivity contribution in [1.82, 2.24) is 10.6 Å². The van der Waals surface area contributed by atoms with Crippen LogP contribution in [0.3, 0.4) is 0 Å². The lowest BCUT2D eigenvalue weighted by atomic mass is 10.0. The van der Waals surface area contributed by atoms with Gasteiger partial charge in [-0.25, -0.2) is 4.79 Å². The SMILES string of the molecule is CCCCCCCCCCC[C@H](CC(=O)OCCSC[C@H](NC(C)=O)C(=O)N[C@@H](CO)C(=O)OC)OC(=O)CCCCC. The Balaban J connectivity index is 4.65. The number of ether oxygens (including phenoxy) is 3. The van der Waals surface area contributed by atoms with E-state index in [4.69, 9.17) is 9.47 Å². The van der Waals surface area contributed by atoms with Crippen LogP contribution >= 0.6 is 11.8 Å². The first kappa shape index (κ1) is 40.7. The van der Waals surface area contributed by atoms with Crippen molar-refractivity contribution in [3.8, 4) is 0 Å². The van der Waals surface area contributed by atoms with Crippen molar-refractivity contribution in [1.29, 1.82) is 0 Å². The molecule has 0 unspecified atom stereocenters. The first-order valence-corrected chi connectivity index (χ1v) is 17.0. The maximum absolute atomic E-state index is 12.5. The van der Waals surface area contributed by atoms with Crippen molar-refractivity contribution in [2.75, 3.05) is 31.8 Å². The van der Waals surface area contributed by atoms with Crippen molar-refractivity contribution in [2.45, 2.75) is 135 Å². The van der Waals surface area contributed by atoms with E-state index in [9.17, 15) is 29.1 Å². The van der Waals surface area contributed by atoms with Gasteiger partial charge >= 0.3 is 17.9 Å². The smallest absolute Gasteiger partial charge is 0.330 e. The molecule has 2 amide bonds. The lowest BCUT2D eigenvalue weighted by molar-refractivity contribution is -0.155. The van der Waals surface area contributed by atoms with Crippen LogP contribution in [0.15, 0.2) is 0 Å². The minimum atomic E-state index is -1.25. The quantitative estimate of drug-likeness (QED) is 0.0680. The molecule has 0 bridgehead atoms. The van der Waals surface area contributed by atoms with Crippen LogP contribution in [0, 0.1) is 0 Å². The number of carbonyl (C=O) groups excluding carboxylic acids is 5. The highest BCUT2D eigenvalue weighted by atomic mass is 32.2. The highest BCUT2D eigenvalue weighted by Crippen LogP contribution is 2.16. The number of esters is 3. The molecule has 0 rings (SSSR count). The molecule has 3 atom stereocenters. The predicted molar refractivity (Wildman–Crippen MR) is 167 cm³/mol. The fourth-order valence-electron chi connectivity index (χ4n) is 4.33. The Kier molecular flexibility index (Phi) is 25.7. The first-order chi connectivity index (χ1) is 20.7. The molecule has 0 radical (unpaired) electrons. The van der Waals surface area contributed by atoms with Crippen LogP contribution in [0.2, 0.25) is 0 Å². The fraction of sp³-hybridized carbons (Fsp3) is 0.839. The summed E-state index contributed by atoms with van der Waals surface area (Å²) in [4.78, 5) is 60.6. The molecule has 0 aromatic carbocycles. The number of unbranched alkanes of at least 4 members (excludes halogenated alkanes) is 10. The van der Waals surface area contributed by atoms with Gasteiger partial charge in [-0.2, -0.15) is 11.8 Å². The molecule has 0 aliphatic rings. The molecular weight excluding hydrogens is 576 g/mol. The number of rotatable bonds is 27. The number of carbonyl (C=O) groups is 5. The number of amides is 2. The Bertz CT molecular complexity index is 797. The molecule has 0 fully saturated rings. The van der Waals surface area contributed by atoms with Crippen LogP contribution in [0.1, 0.15) is 117 Å². The Morgan fingerprint density at radius 2 is 1.40 bits per heavy atom. The van der Waals surface area contributed by atoms with Gasteiger partial charge in [-0.3, -0.25) is 19.2 Å². The summed E-state index contributed by atoms with van der Waals surface area (Å²) in [6.07, 6.45) is 13.7. The number of aliphatic hydroxyl groups is 1. The van der Waals surface area contributed by atoms with Crippen molar-refractivity contribution in [3.05, 3.63) is 0 Å². The Labute approximate surface area is 262 Å². The molecule has 0 heterocycles. The Morgan fingerprint density at radius 3 is 1.98 bits per heavy atom. The van der Waals surface area contributed by atoms with Gasteiger partial charge in [0.25, 0.3) is 0 Å². The number of hydrogen-bond acceptors (Lipinski definition) is 10. The molecule has 0 saturated heterocycles. The second kappa shape index (κ2) is 27.2. The van der Waals surface area contributed by atoms with Gasteiger partial charge in [-0.15, -0.1) is 0 Å². The number of thioether (sulfide) groups is 1. The van der Waals surface area contributed by atoms with Crippen molar-refractivity contribution in [2.24, 2.45) is 0 Å². The second-order valence-electron chi connectivity index (χ2n) is 10.7. The minimum Gasteiger partial charge on any atom is -0.467 e. The van der Waals surface area contributed by atoms with Gasteiger partial charge in [0.2, 0.25) is 11.8 Å². The highest BCUT2D eigenvalue weighted by Gasteiger charge is 2.26. The van der Waals surface area contributed by atoms with Gasteiger partial charge in [0.15, 0.2) is 6.04 Å². The van der Waals surface area contributed by atoms with E-state index in [1.54, 1.807) is 0 Å². The summed E-state index contributed by atoms with van der Waals surface area (Å²) in [7, 11) is 1.14. The van der Waals surface area contributed by atoms with Crippen LogP contribution in [0.25, 0.3) is 0 Å². The number of methoxy groups -OCH3 is 1.